The smallest absolute Gasteiger partial charge is 0.348 e. The van der Waals surface area contributed by atoms with E-state index in [4.69, 9.17) is 0 Å². The van der Waals surface area contributed by atoms with Gasteiger partial charge in [0.05, 0.1) is 11.6 Å². The van der Waals surface area contributed by atoms with E-state index in [0.29, 0.717) is 5.52 Å². The number of hydrogen-bond donors (Lipinski definition) is 1. The number of hydrogen-bond acceptors (Lipinski definition) is 2. The molecule has 0 saturated heterocycles. The predicted molar refractivity (Wildman–Crippen MR) is 95.3 cm³/mol. The van der Waals surface area contributed by atoms with Gasteiger partial charge < -0.3 is 9.88 Å². The average molecular weight is 374 g/mol. The lowest BCUT2D eigenvalue weighted by molar-refractivity contribution is -0.122. The lowest BCUT2D eigenvalue weighted by Gasteiger charge is -2.15. The lowest BCUT2D eigenvalue weighted by Crippen LogP contribution is -2.30. The minimum atomic E-state index is -4.97. The Hall–Kier alpha value is -3.09. The third-order valence-electron chi connectivity index (χ3n) is 4.28. The largest absolute Gasteiger partial charge is 0.454 e. The molecule has 1 aromatic heterocycles. The van der Waals surface area contributed by atoms with Gasteiger partial charge in [0.25, 0.3) is 5.78 Å². The number of carbonyl (C=O) groups is 2. The second kappa shape index (κ2) is 7.26. The number of rotatable bonds is 5. The van der Waals surface area contributed by atoms with Crippen molar-refractivity contribution in [1.82, 2.24) is 9.88 Å². The number of aromatic nitrogens is 1. The maximum absolute atomic E-state index is 12.9. The molecule has 140 valence electrons. The summed E-state index contributed by atoms with van der Waals surface area (Å²) < 4.78 is 39.9. The van der Waals surface area contributed by atoms with Crippen molar-refractivity contribution in [2.75, 3.05) is 0 Å². The summed E-state index contributed by atoms with van der Waals surface area (Å²) >= 11 is 0. The summed E-state index contributed by atoms with van der Waals surface area (Å²) in [6, 6.07) is 15.3. The molecule has 27 heavy (non-hydrogen) atoms. The number of fused-ring (bicyclic) bond motifs is 1. The van der Waals surface area contributed by atoms with Gasteiger partial charge in [-0.25, -0.2) is 0 Å². The molecule has 0 aliphatic carbocycles. The Kier molecular flexibility index (Phi) is 5.03. The highest BCUT2D eigenvalue weighted by Gasteiger charge is 2.40. The quantitative estimate of drug-likeness (QED) is 0.679. The highest BCUT2D eigenvalue weighted by Crippen LogP contribution is 2.28. The van der Waals surface area contributed by atoms with Crippen LogP contribution in [0.2, 0.25) is 0 Å². The fraction of sp³-hybridized carbons (Fsp3) is 0.200. The topological polar surface area (TPSA) is 51.1 Å². The van der Waals surface area contributed by atoms with E-state index in [1.165, 1.54) is 10.6 Å². The van der Waals surface area contributed by atoms with E-state index in [-0.39, 0.29) is 23.9 Å². The van der Waals surface area contributed by atoms with E-state index < -0.39 is 17.5 Å². The Balaban J connectivity index is 1.85. The van der Waals surface area contributed by atoms with Gasteiger partial charge in [-0.05, 0) is 18.6 Å². The van der Waals surface area contributed by atoms with Crippen molar-refractivity contribution in [2.24, 2.45) is 0 Å². The maximum atomic E-state index is 12.9. The molecule has 0 spiro atoms. The van der Waals surface area contributed by atoms with E-state index in [2.05, 4.69) is 5.32 Å². The fourth-order valence-corrected chi connectivity index (χ4v) is 2.98. The zero-order valence-corrected chi connectivity index (χ0v) is 14.5. The van der Waals surface area contributed by atoms with Crippen LogP contribution in [-0.2, 0) is 11.3 Å². The molecule has 0 radical (unpaired) electrons. The number of alkyl halides is 3. The molecule has 1 amide bonds. The third-order valence-corrected chi connectivity index (χ3v) is 4.28. The van der Waals surface area contributed by atoms with Gasteiger partial charge >= 0.3 is 6.18 Å². The number of amides is 1. The van der Waals surface area contributed by atoms with Crippen LogP contribution in [0.25, 0.3) is 10.9 Å². The Morgan fingerprint density at radius 3 is 2.33 bits per heavy atom. The van der Waals surface area contributed by atoms with Crippen molar-refractivity contribution in [3.8, 4) is 0 Å². The summed E-state index contributed by atoms with van der Waals surface area (Å²) in [6.07, 6.45) is -3.88. The summed E-state index contributed by atoms with van der Waals surface area (Å²) in [7, 11) is 0. The van der Waals surface area contributed by atoms with E-state index in [0.717, 1.165) is 11.8 Å². The van der Waals surface area contributed by atoms with Crippen LogP contribution in [-0.4, -0.2) is 22.4 Å². The van der Waals surface area contributed by atoms with Gasteiger partial charge in [0.2, 0.25) is 5.91 Å². The van der Waals surface area contributed by atoms with Crippen molar-refractivity contribution >= 4 is 22.6 Å². The van der Waals surface area contributed by atoms with Crippen molar-refractivity contribution < 1.29 is 22.8 Å². The standard InChI is InChI=1S/C20H17F3N2O2/c1-13(14-7-3-2-4-8-14)24-18(26)12-25-11-16(19(27)20(21,22)23)15-9-5-6-10-17(15)25/h2-11,13H,12H2,1H3,(H,24,26). The maximum Gasteiger partial charge on any atom is 0.454 e. The van der Waals surface area contributed by atoms with E-state index in [1.54, 1.807) is 18.2 Å². The van der Waals surface area contributed by atoms with E-state index in [1.807, 2.05) is 37.3 Å². The van der Waals surface area contributed by atoms with E-state index in [9.17, 15) is 22.8 Å². The summed E-state index contributed by atoms with van der Waals surface area (Å²) in [4.78, 5) is 24.1. The van der Waals surface area contributed by atoms with Crippen LogP contribution in [0, 0.1) is 0 Å². The molecule has 1 atom stereocenters. The third kappa shape index (κ3) is 4.02. The van der Waals surface area contributed by atoms with Crippen LogP contribution in [0.3, 0.4) is 0 Å². The normalized spacial score (nSPS) is 12.7. The molecule has 4 nitrogen and oxygen atoms in total. The second-order valence-electron chi connectivity index (χ2n) is 6.21. The second-order valence-corrected chi connectivity index (χ2v) is 6.21. The fourth-order valence-electron chi connectivity index (χ4n) is 2.98. The molecule has 3 rings (SSSR count). The highest BCUT2D eigenvalue weighted by atomic mass is 19.4. The van der Waals surface area contributed by atoms with Crippen molar-refractivity contribution in [2.45, 2.75) is 25.7 Å². The first-order valence-corrected chi connectivity index (χ1v) is 8.31. The van der Waals surface area contributed by atoms with Crippen LogP contribution in [0.15, 0.2) is 60.8 Å². The van der Waals surface area contributed by atoms with Crippen LogP contribution < -0.4 is 5.32 Å². The summed E-state index contributed by atoms with van der Waals surface area (Å²) in [6.45, 7) is 1.63. The number of para-hydroxylation sites is 1. The molecule has 0 saturated carbocycles. The Labute approximate surface area is 153 Å². The molecule has 1 heterocycles. The van der Waals surface area contributed by atoms with Crippen LogP contribution in [0.1, 0.15) is 28.9 Å². The number of ketones is 1. The number of Topliss-reactive ketones (excluding diaryl/α,β-unsaturated/α-hetero) is 1. The molecule has 7 heteroatoms. The number of carbonyl (C=O) groups excluding carboxylic acids is 2. The summed E-state index contributed by atoms with van der Waals surface area (Å²) in [5.41, 5.74) is 0.853. The van der Waals surface area contributed by atoms with Crippen LogP contribution >= 0.6 is 0 Å². The Morgan fingerprint density at radius 1 is 1.04 bits per heavy atom. The molecule has 2 aromatic carbocycles. The molecule has 0 bridgehead atoms. The molecule has 3 aromatic rings. The number of benzene rings is 2. The SMILES string of the molecule is CC(NC(=O)Cn1cc(C(=O)C(F)(F)F)c2ccccc21)c1ccccc1. The van der Waals surface area contributed by atoms with Crippen LogP contribution in [0.5, 0.6) is 0 Å². The lowest BCUT2D eigenvalue weighted by atomic mass is 10.1. The Morgan fingerprint density at radius 2 is 1.67 bits per heavy atom. The first-order valence-electron chi connectivity index (χ1n) is 8.31. The van der Waals surface area contributed by atoms with Gasteiger partial charge in [0, 0.05) is 17.1 Å². The molecule has 0 fully saturated rings. The number of nitrogens with zero attached hydrogens (tertiary/aromatic N) is 1. The highest BCUT2D eigenvalue weighted by molar-refractivity contribution is 6.10. The van der Waals surface area contributed by atoms with Crippen molar-refractivity contribution in [3.63, 3.8) is 0 Å². The van der Waals surface area contributed by atoms with Gasteiger partial charge in [0.1, 0.15) is 6.54 Å². The molecule has 0 aliphatic rings. The monoisotopic (exact) mass is 374 g/mol. The van der Waals surface area contributed by atoms with Crippen molar-refractivity contribution in [3.05, 3.63) is 71.9 Å². The predicted octanol–water partition coefficient (Wildman–Crippen LogP) is 4.26. The number of halogens is 3. The molecule has 0 aliphatic heterocycles. The van der Waals surface area contributed by atoms with Gasteiger partial charge in [-0.3, -0.25) is 9.59 Å². The molecular formula is C20H17F3N2O2. The first-order chi connectivity index (χ1) is 12.8. The van der Waals surface area contributed by atoms with Gasteiger partial charge in [-0.1, -0.05) is 48.5 Å². The molecular weight excluding hydrogens is 357 g/mol. The van der Waals surface area contributed by atoms with Gasteiger partial charge in [-0.2, -0.15) is 13.2 Å². The molecule has 1 unspecified atom stereocenters. The molecule has 1 N–H and O–H groups in total. The first kappa shape index (κ1) is 18.7. The van der Waals surface area contributed by atoms with Crippen molar-refractivity contribution in [1.29, 1.82) is 0 Å². The minimum Gasteiger partial charge on any atom is -0.348 e. The van der Waals surface area contributed by atoms with Gasteiger partial charge in [-0.15, -0.1) is 0 Å². The van der Waals surface area contributed by atoms with E-state index >= 15 is 0 Å². The summed E-state index contributed by atoms with van der Waals surface area (Å²) in [5, 5.41) is 2.98. The summed E-state index contributed by atoms with van der Waals surface area (Å²) in [5.74, 6) is -2.28. The minimum absolute atomic E-state index is 0.170. The average Bonchev–Trinajstić information content (AvgIpc) is 2.99. The van der Waals surface area contributed by atoms with Gasteiger partial charge in [0.15, 0.2) is 0 Å². The number of nitrogens with one attached hydrogen (secondary N) is 1. The van der Waals surface area contributed by atoms with Crippen LogP contribution in [0.4, 0.5) is 13.2 Å². The zero-order chi connectivity index (χ0) is 19.6. The zero-order valence-electron chi connectivity index (χ0n) is 14.5. The Bertz CT molecular complexity index is 978.